The number of imidazole rings is 1. The number of nitrogens with one attached hydrogen (secondary N) is 1. The molecular weight excluding hydrogens is 296 g/mol. The number of fused-ring (bicyclic) bond motifs is 1. The zero-order valence-corrected chi connectivity index (χ0v) is 13.3. The van der Waals surface area contributed by atoms with E-state index in [9.17, 15) is 4.79 Å². The molecule has 0 bridgehead atoms. The second-order valence-corrected chi connectivity index (χ2v) is 6.42. The van der Waals surface area contributed by atoms with Gasteiger partial charge in [0.05, 0.1) is 6.54 Å². The van der Waals surface area contributed by atoms with Crippen LogP contribution in [0, 0.1) is 5.92 Å². The molecule has 1 fully saturated rings. The highest BCUT2D eigenvalue weighted by Crippen LogP contribution is 2.33. The van der Waals surface area contributed by atoms with Crippen molar-refractivity contribution < 1.29 is 4.74 Å². The fraction of sp³-hybridized carbons (Fsp3) is 0.667. The molecule has 2 aliphatic heterocycles. The van der Waals surface area contributed by atoms with Gasteiger partial charge in [0.15, 0.2) is 0 Å². The molecule has 0 saturated carbocycles. The van der Waals surface area contributed by atoms with Gasteiger partial charge in [0.2, 0.25) is 0 Å². The van der Waals surface area contributed by atoms with E-state index in [0.29, 0.717) is 19.0 Å². The Hall–Kier alpha value is -1.93. The third-order valence-corrected chi connectivity index (χ3v) is 4.89. The van der Waals surface area contributed by atoms with Gasteiger partial charge >= 0.3 is 5.69 Å². The molecule has 2 aliphatic rings. The predicted octanol–water partition coefficient (Wildman–Crippen LogP) is 0.288. The molecule has 0 radical (unpaired) electrons. The minimum atomic E-state index is -0.105. The van der Waals surface area contributed by atoms with Crippen LogP contribution in [-0.4, -0.2) is 48.9 Å². The van der Waals surface area contributed by atoms with Crippen LogP contribution in [0.3, 0.4) is 0 Å². The third-order valence-electron chi connectivity index (χ3n) is 4.89. The van der Waals surface area contributed by atoms with Crippen LogP contribution >= 0.6 is 0 Å². The van der Waals surface area contributed by atoms with Crippen LogP contribution in [-0.2, 0) is 24.9 Å². The Morgan fingerprint density at radius 1 is 1.43 bits per heavy atom. The standard InChI is InChI=1S/C15H22N6O2/c1-19-5-4-16-14(19)13-11(3-2-8-23-13)9-20-6-7-21-12(10-20)17-18-15(21)22/h4-5,11,13H,2-3,6-10H2,1H3,(H,18,22)/t11-,13+/m0/s1. The lowest BCUT2D eigenvalue weighted by atomic mass is 9.92. The molecule has 1 saturated heterocycles. The van der Waals surface area contributed by atoms with Crippen LogP contribution in [0.15, 0.2) is 17.2 Å². The first-order valence-corrected chi connectivity index (χ1v) is 8.17. The van der Waals surface area contributed by atoms with Gasteiger partial charge in [-0.25, -0.2) is 14.9 Å². The fourth-order valence-corrected chi connectivity index (χ4v) is 3.68. The molecule has 0 aliphatic carbocycles. The van der Waals surface area contributed by atoms with Gasteiger partial charge in [0, 0.05) is 51.6 Å². The van der Waals surface area contributed by atoms with E-state index in [-0.39, 0.29) is 11.8 Å². The number of hydrogen-bond donors (Lipinski definition) is 1. The van der Waals surface area contributed by atoms with E-state index in [1.807, 2.05) is 24.0 Å². The van der Waals surface area contributed by atoms with Crippen LogP contribution in [0.5, 0.6) is 0 Å². The molecule has 8 heteroatoms. The Balaban J connectivity index is 1.49. The summed E-state index contributed by atoms with van der Waals surface area (Å²) in [6.45, 7) is 4.02. The van der Waals surface area contributed by atoms with Crippen molar-refractivity contribution in [2.24, 2.45) is 13.0 Å². The van der Waals surface area contributed by atoms with Crippen molar-refractivity contribution in [3.05, 3.63) is 34.5 Å². The van der Waals surface area contributed by atoms with E-state index < -0.39 is 0 Å². The minimum absolute atomic E-state index is 0.0482. The van der Waals surface area contributed by atoms with Gasteiger partial charge < -0.3 is 9.30 Å². The van der Waals surface area contributed by atoms with Gasteiger partial charge in [-0.05, 0) is 12.8 Å². The van der Waals surface area contributed by atoms with Gasteiger partial charge in [0.1, 0.15) is 17.8 Å². The number of rotatable bonds is 3. The number of ether oxygens (including phenoxy) is 1. The first kappa shape index (κ1) is 14.6. The van der Waals surface area contributed by atoms with Crippen LogP contribution in [0.25, 0.3) is 0 Å². The molecule has 0 unspecified atom stereocenters. The molecule has 2 aromatic heterocycles. The molecule has 8 nitrogen and oxygen atoms in total. The van der Waals surface area contributed by atoms with Crippen LogP contribution in [0.1, 0.15) is 30.6 Å². The summed E-state index contributed by atoms with van der Waals surface area (Å²) < 4.78 is 9.82. The number of nitrogens with zero attached hydrogens (tertiary/aromatic N) is 5. The lowest BCUT2D eigenvalue weighted by Gasteiger charge is -2.36. The average molecular weight is 318 g/mol. The van der Waals surface area contributed by atoms with Crippen molar-refractivity contribution in [2.45, 2.75) is 32.0 Å². The molecule has 4 rings (SSSR count). The number of H-pyrrole nitrogens is 1. The maximum absolute atomic E-state index is 11.6. The van der Waals surface area contributed by atoms with Crippen molar-refractivity contribution in [3.8, 4) is 0 Å². The first-order chi connectivity index (χ1) is 11.2. The normalized spacial score (nSPS) is 25.4. The molecule has 4 heterocycles. The van der Waals surface area contributed by atoms with Crippen molar-refractivity contribution in [2.75, 3.05) is 19.7 Å². The number of aromatic nitrogens is 5. The maximum atomic E-state index is 11.6. The highest BCUT2D eigenvalue weighted by atomic mass is 16.5. The van der Waals surface area contributed by atoms with Gasteiger partial charge in [-0.2, -0.15) is 5.10 Å². The predicted molar refractivity (Wildman–Crippen MR) is 82.7 cm³/mol. The smallest absolute Gasteiger partial charge is 0.343 e. The van der Waals surface area contributed by atoms with E-state index in [1.54, 1.807) is 4.57 Å². The largest absolute Gasteiger partial charge is 0.370 e. The van der Waals surface area contributed by atoms with Crippen LogP contribution in [0.2, 0.25) is 0 Å². The number of aromatic amines is 1. The Morgan fingerprint density at radius 3 is 3.17 bits per heavy atom. The first-order valence-electron chi connectivity index (χ1n) is 8.17. The SMILES string of the molecule is Cn1ccnc1[C@@H]1OCCC[C@H]1CN1CCn2c(n[nH]c2=O)C1. The van der Waals surface area contributed by atoms with Crippen molar-refractivity contribution in [3.63, 3.8) is 0 Å². The second-order valence-electron chi connectivity index (χ2n) is 6.42. The van der Waals surface area contributed by atoms with Gasteiger partial charge in [-0.1, -0.05) is 0 Å². The summed E-state index contributed by atoms with van der Waals surface area (Å²) in [6, 6.07) is 0. The van der Waals surface area contributed by atoms with E-state index in [1.165, 1.54) is 0 Å². The molecule has 0 aromatic carbocycles. The van der Waals surface area contributed by atoms with E-state index in [4.69, 9.17) is 4.74 Å². The molecule has 1 N–H and O–H groups in total. The van der Waals surface area contributed by atoms with Crippen LogP contribution in [0.4, 0.5) is 0 Å². The van der Waals surface area contributed by atoms with Gasteiger partial charge in [-0.15, -0.1) is 0 Å². The Kier molecular flexibility index (Phi) is 3.78. The van der Waals surface area contributed by atoms with Crippen LogP contribution < -0.4 is 5.69 Å². The van der Waals surface area contributed by atoms with Gasteiger partial charge in [-0.3, -0.25) is 9.47 Å². The average Bonchev–Trinajstić information content (AvgIpc) is 3.14. The van der Waals surface area contributed by atoms with Crippen molar-refractivity contribution >= 4 is 0 Å². The molecule has 2 atom stereocenters. The monoisotopic (exact) mass is 318 g/mol. The summed E-state index contributed by atoms with van der Waals surface area (Å²) in [7, 11) is 2.01. The summed E-state index contributed by atoms with van der Waals surface area (Å²) in [5.41, 5.74) is -0.105. The van der Waals surface area contributed by atoms with E-state index >= 15 is 0 Å². The minimum Gasteiger partial charge on any atom is -0.370 e. The highest BCUT2D eigenvalue weighted by molar-refractivity contribution is 5.00. The lowest BCUT2D eigenvalue weighted by molar-refractivity contribution is -0.0474. The van der Waals surface area contributed by atoms with E-state index in [2.05, 4.69) is 20.1 Å². The molecule has 2 aromatic rings. The van der Waals surface area contributed by atoms with Crippen molar-refractivity contribution in [1.29, 1.82) is 0 Å². The summed E-state index contributed by atoms with van der Waals surface area (Å²) in [5, 5.41) is 6.65. The molecule has 0 spiro atoms. The summed E-state index contributed by atoms with van der Waals surface area (Å²) in [5.74, 6) is 2.25. The zero-order chi connectivity index (χ0) is 15.8. The van der Waals surface area contributed by atoms with E-state index in [0.717, 1.165) is 44.2 Å². The quantitative estimate of drug-likeness (QED) is 0.880. The maximum Gasteiger partial charge on any atom is 0.343 e. The van der Waals surface area contributed by atoms with Crippen molar-refractivity contribution in [1.82, 2.24) is 29.2 Å². The fourth-order valence-electron chi connectivity index (χ4n) is 3.68. The lowest BCUT2D eigenvalue weighted by Crippen LogP contribution is -2.41. The molecule has 0 amide bonds. The number of hydrogen-bond acceptors (Lipinski definition) is 5. The third kappa shape index (κ3) is 2.72. The zero-order valence-electron chi connectivity index (χ0n) is 13.3. The molecule has 124 valence electrons. The topological polar surface area (TPSA) is 81.0 Å². The number of aryl methyl sites for hydroxylation is 1. The van der Waals surface area contributed by atoms with Gasteiger partial charge in [0.25, 0.3) is 0 Å². The molecule has 23 heavy (non-hydrogen) atoms. The Morgan fingerprint density at radius 2 is 2.35 bits per heavy atom. The summed E-state index contributed by atoms with van der Waals surface area (Å²) in [4.78, 5) is 18.4. The Labute approximate surface area is 134 Å². The highest BCUT2D eigenvalue weighted by Gasteiger charge is 2.32. The summed E-state index contributed by atoms with van der Waals surface area (Å²) in [6.07, 6.45) is 6.07. The summed E-state index contributed by atoms with van der Waals surface area (Å²) >= 11 is 0. The second kappa shape index (κ2) is 5.93. The Bertz CT molecular complexity index is 732. The molecular formula is C15H22N6O2.